The molecule has 0 saturated carbocycles. The molecule has 0 heterocycles. The van der Waals surface area contributed by atoms with E-state index in [0.29, 0.717) is 13.0 Å². The highest BCUT2D eigenvalue weighted by Crippen LogP contribution is 2.15. The number of amides is 1. The van der Waals surface area contributed by atoms with Crippen molar-refractivity contribution in [2.75, 3.05) is 13.2 Å². The summed E-state index contributed by atoms with van der Waals surface area (Å²) in [4.78, 5) is 12.3. The minimum absolute atomic E-state index is 0.0697. The molecule has 0 spiro atoms. The van der Waals surface area contributed by atoms with E-state index in [9.17, 15) is 15.0 Å². The van der Waals surface area contributed by atoms with Gasteiger partial charge in [0.25, 0.3) is 0 Å². The molecule has 0 aliphatic rings. The Morgan fingerprint density at radius 2 is 0.889 bits per heavy atom. The summed E-state index contributed by atoms with van der Waals surface area (Å²) < 4.78 is 0. The molecule has 0 bridgehead atoms. The highest BCUT2D eigenvalue weighted by molar-refractivity contribution is 5.76. The van der Waals surface area contributed by atoms with Gasteiger partial charge in [0.15, 0.2) is 0 Å². The van der Waals surface area contributed by atoms with Gasteiger partial charge in [-0.2, -0.15) is 0 Å². The lowest BCUT2D eigenvalue weighted by Gasteiger charge is -2.20. The summed E-state index contributed by atoms with van der Waals surface area (Å²) in [6, 6.07) is -0.622. The van der Waals surface area contributed by atoms with E-state index in [1.165, 1.54) is 167 Å². The molecule has 0 rings (SSSR count). The number of aliphatic hydroxyl groups is 3. The van der Waals surface area contributed by atoms with Gasteiger partial charge in [-0.3, -0.25) is 4.79 Å². The van der Waals surface area contributed by atoms with Crippen molar-refractivity contribution in [1.82, 2.24) is 5.32 Å². The van der Waals surface area contributed by atoms with Gasteiger partial charge in [-0.15, -0.1) is 0 Å². The Kier molecular flexibility index (Phi) is 36.8. The van der Waals surface area contributed by atoms with Gasteiger partial charge in [0.1, 0.15) is 0 Å². The van der Waals surface area contributed by atoms with Gasteiger partial charge in [-0.05, 0) is 25.7 Å². The van der Waals surface area contributed by atoms with Crippen LogP contribution in [0, 0.1) is 0 Å². The molecule has 0 aliphatic heterocycles. The van der Waals surface area contributed by atoms with Gasteiger partial charge in [-0.1, -0.05) is 192 Å². The van der Waals surface area contributed by atoms with Crippen molar-refractivity contribution in [2.24, 2.45) is 0 Å². The molecule has 0 fully saturated rings. The normalized spacial score (nSPS) is 13.1. The smallest absolute Gasteiger partial charge is 0.220 e. The van der Waals surface area contributed by atoms with Crippen LogP contribution in [0.5, 0.6) is 0 Å². The van der Waals surface area contributed by atoms with Crippen LogP contribution in [0.25, 0.3) is 0 Å². The lowest BCUT2D eigenvalue weighted by Crippen LogP contribution is -2.45. The summed E-state index contributed by atoms with van der Waals surface area (Å²) in [6.45, 7) is 2.37. The second-order valence-electron chi connectivity index (χ2n) is 13.8. The van der Waals surface area contributed by atoms with E-state index < -0.39 is 12.1 Å². The summed E-state index contributed by atoms with van der Waals surface area (Å²) >= 11 is 0. The molecule has 1 amide bonds. The van der Waals surface area contributed by atoms with Crippen molar-refractivity contribution < 1.29 is 20.1 Å². The van der Waals surface area contributed by atoms with Crippen LogP contribution in [0.1, 0.15) is 212 Å². The predicted octanol–water partition coefficient (Wildman–Crippen LogP) is 10.9. The average Bonchev–Trinajstić information content (AvgIpc) is 3.04. The third-order valence-corrected chi connectivity index (χ3v) is 9.32. The van der Waals surface area contributed by atoms with Gasteiger partial charge >= 0.3 is 0 Å². The monoisotopic (exact) mass is 638 g/mol. The molecule has 5 nitrogen and oxygen atoms in total. The first-order valence-corrected chi connectivity index (χ1v) is 20.0. The summed E-state index contributed by atoms with van der Waals surface area (Å²) in [6.07, 6.45) is 43.1. The quantitative estimate of drug-likeness (QED) is 0.0403. The lowest BCUT2D eigenvalue weighted by molar-refractivity contribution is -0.123. The zero-order valence-electron chi connectivity index (χ0n) is 30.1. The van der Waals surface area contributed by atoms with Crippen molar-refractivity contribution in [3.63, 3.8) is 0 Å². The number of aliphatic hydroxyl groups excluding tert-OH is 3. The number of unbranched alkanes of at least 4 members (excludes halogenated alkanes) is 29. The van der Waals surface area contributed by atoms with E-state index >= 15 is 0 Å². The van der Waals surface area contributed by atoms with E-state index in [-0.39, 0.29) is 12.5 Å². The Morgan fingerprint density at radius 1 is 0.533 bits per heavy atom. The van der Waals surface area contributed by atoms with Crippen LogP contribution in [0.4, 0.5) is 0 Å². The van der Waals surface area contributed by atoms with Crippen molar-refractivity contribution in [3.05, 3.63) is 12.2 Å². The number of nitrogens with one attached hydrogen (secondary N) is 1. The maximum absolute atomic E-state index is 12.3. The van der Waals surface area contributed by atoms with Crippen LogP contribution in [0.15, 0.2) is 12.2 Å². The van der Waals surface area contributed by atoms with E-state index in [1.54, 1.807) is 6.08 Å². The molecule has 0 aromatic carbocycles. The number of carbonyl (C=O) groups is 1. The largest absolute Gasteiger partial charge is 0.396 e. The third kappa shape index (κ3) is 34.2. The molecule has 2 unspecified atom stereocenters. The van der Waals surface area contributed by atoms with Crippen LogP contribution in [0.3, 0.4) is 0 Å². The van der Waals surface area contributed by atoms with Crippen molar-refractivity contribution in [3.8, 4) is 0 Å². The van der Waals surface area contributed by atoms with E-state index in [2.05, 4.69) is 12.2 Å². The molecule has 0 radical (unpaired) electrons. The number of allylic oxidation sites excluding steroid dienone is 1. The Balaban J connectivity index is 3.55. The highest BCUT2D eigenvalue weighted by atomic mass is 16.3. The SMILES string of the molecule is CCCCCCCCCCCCCCCC=CC(O)C(CO)NC(=O)CCCCCCCCCCCCCCCCCCCO. The molecule has 0 aromatic rings. The van der Waals surface area contributed by atoms with Crippen LogP contribution >= 0.6 is 0 Å². The van der Waals surface area contributed by atoms with Gasteiger partial charge in [-0.25, -0.2) is 0 Å². The molecule has 268 valence electrons. The molecule has 0 aromatic heterocycles. The highest BCUT2D eigenvalue weighted by Gasteiger charge is 2.17. The first-order valence-electron chi connectivity index (χ1n) is 20.0. The first kappa shape index (κ1) is 44.1. The minimum Gasteiger partial charge on any atom is -0.396 e. The first-order chi connectivity index (χ1) is 22.2. The van der Waals surface area contributed by atoms with Crippen molar-refractivity contribution >= 4 is 5.91 Å². The molecule has 45 heavy (non-hydrogen) atoms. The molecule has 2 atom stereocenters. The Bertz CT molecular complexity index is 611. The Hall–Kier alpha value is -0.910. The molecular weight excluding hydrogens is 558 g/mol. The van der Waals surface area contributed by atoms with Crippen LogP contribution < -0.4 is 5.32 Å². The second kappa shape index (κ2) is 37.5. The molecule has 4 N–H and O–H groups in total. The van der Waals surface area contributed by atoms with Crippen LogP contribution in [-0.2, 0) is 4.79 Å². The number of hydrogen-bond acceptors (Lipinski definition) is 4. The minimum atomic E-state index is -0.839. The average molecular weight is 638 g/mol. The summed E-state index contributed by atoms with van der Waals surface area (Å²) in [5, 5.41) is 31.7. The van der Waals surface area contributed by atoms with Gasteiger partial charge in [0.05, 0.1) is 18.8 Å². The number of carbonyl (C=O) groups excluding carboxylic acids is 1. The summed E-state index contributed by atoms with van der Waals surface area (Å²) in [5.74, 6) is -0.0697. The summed E-state index contributed by atoms with van der Waals surface area (Å²) in [5.41, 5.74) is 0. The van der Waals surface area contributed by atoms with Crippen LogP contribution in [-0.4, -0.2) is 46.6 Å². The van der Waals surface area contributed by atoms with Crippen LogP contribution in [0.2, 0.25) is 0 Å². The standard InChI is InChI=1S/C40H79NO4/c1-2-3-4-5-6-7-8-9-13-16-19-22-25-28-31-34-39(44)38(37-43)41-40(45)35-32-29-26-23-20-17-14-11-10-12-15-18-21-24-27-30-33-36-42/h31,34,38-39,42-44H,2-30,32-33,35-37H2,1H3,(H,41,45). The Labute approximate surface area is 280 Å². The summed E-state index contributed by atoms with van der Waals surface area (Å²) in [7, 11) is 0. The maximum Gasteiger partial charge on any atom is 0.220 e. The number of hydrogen-bond donors (Lipinski definition) is 4. The van der Waals surface area contributed by atoms with E-state index in [4.69, 9.17) is 5.11 Å². The van der Waals surface area contributed by atoms with Gasteiger partial charge < -0.3 is 20.6 Å². The number of rotatable bonds is 37. The van der Waals surface area contributed by atoms with E-state index in [0.717, 1.165) is 32.1 Å². The molecule has 0 saturated heterocycles. The third-order valence-electron chi connectivity index (χ3n) is 9.32. The fraction of sp³-hybridized carbons (Fsp3) is 0.925. The Morgan fingerprint density at radius 3 is 1.27 bits per heavy atom. The fourth-order valence-electron chi connectivity index (χ4n) is 6.22. The second-order valence-corrected chi connectivity index (χ2v) is 13.8. The molecule has 0 aliphatic carbocycles. The molecule has 5 heteroatoms. The maximum atomic E-state index is 12.3. The van der Waals surface area contributed by atoms with Gasteiger partial charge in [0.2, 0.25) is 5.91 Å². The van der Waals surface area contributed by atoms with Crippen molar-refractivity contribution in [2.45, 2.75) is 225 Å². The lowest BCUT2D eigenvalue weighted by atomic mass is 10.0. The molecular formula is C40H79NO4. The van der Waals surface area contributed by atoms with E-state index in [1.807, 2.05) is 6.08 Å². The zero-order valence-corrected chi connectivity index (χ0v) is 30.1. The van der Waals surface area contributed by atoms with Gasteiger partial charge in [0, 0.05) is 13.0 Å². The topological polar surface area (TPSA) is 89.8 Å². The zero-order chi connectivity index (χ0) is 32.9. The van der Waals surface area contributed by atoms with Crippen molar-refractivity contribution in [1.29, 1.82) is 0 Å². The predicted molar refractivity (Wildman–Crippen MR) is 195 cm³/mol. The fourth-order valence-corrected chi connectivity index (χ4v) is 6.22.